The van der Waals surface area contributed by atoms with Gasteiger partial charge in [0.1, 0.15) is 5.69 Å². The molecular weight excluding hydrogens is 262 g/mol. The highest BCUT2D eigenvalue weighted by molar-refractivity contribution is 5.80. The lowest BCUT2D eigenvalue weighted by molar-refractivity contribution is 0.787. The van der Waals surface area contributed by atoms with Crippen molar-refractivity contribution in [2.75, 3.05) is 0 Å². The van der Waals surface area contributed by atoms with Crippen molar-refractivity contribution in [3.63, 3.8) is 0 Å². The van der Waals surface area contributed by atoms with Crippen molar-refractivity contribution < 1.29 is 0 Å². The Bertz CT molecular complexity index is 863. The van der Waals surface area contributed by atoms with E-state index >= 15 is 0 Å². The van der Waals surface area contributed by atoms with Gasteiger partial charge in [0.15, 0.2) is 5.82 Å². The SMILES string of the molecule is Cc1[nH]cnc1-c1nccn1Cc1cc2ccccc2[nH]1. The average Bonchev–Trinajstić information content (AvgIpc) is 3.17. The number of hydrogen-bond acceptors (Lipinski definition) is 2. The number of nitrogens with one attached hydrogen (secondary N) is 2. The van der Waals surface area contributed by atoms with Crippen LogP contribution < -0.4 is 0 Å². The maximum Gasteiger partial charge on any atom is 0.160 e. The fourth-order valence-electron chi connectivity index (χ4n) is 2.64. The van der Waals surface area contributed by atoms with E-state index in [1.165, 1.54) is 5.39 Å². The summed E-state index contributed by atoms with van der Waals surface area (Å²) < 4.78 is 2.11. The van der Waals surface area contributed by atoms with Crippen molar-refractivity contribution in [1.82, 2.24) is 24.5 Å². The van der Waals surface area contributed by atoms with Crippen molar-refractivity contribution in [3.05, 3.63) is 60.4 Å². The van der Waals surface area contributed by atoms with Gasteiger partial charge in [0.25, 0.3) is 0 Å². The van der Waals surface area contributed by atoms with E-state index in [1.807, 2.05) is 25.4 Å². The van der Waals surface area contributed by atoms with Crippen LogP contribution in [0.15, 0.2) is 49.1 Å². The van der Waals surface area contributed by atoms with Gasteiger partial charge in [0, 0.05) is 29.3 Å². The Labute approximate surface area is 121 Å². The first-order valence-electron chi connectivity index (χ1n) is 6.89. The largest absolute Gasteiger partial charge is 0.357 e. The summed E-state index contributed by atoms with van der Waals surface area (Å²) in [6.07, 6.45) is 5.49. The molecule has 4 rings (SSSR count). The number of benzene rings is 1. The molecule has 0 bridgehead atoms. The summed E-state index contributed by atoms with van der Waals surface area (Å²) in [6, 6.07) is 10.5. The lowest BCUT2D eigenvalue weighted by atomic mass is 10.2. The minimum atomic E-state index is 0.746. The van der Waals surface area contributed by atoms with Gasteiger partial charge in [-0.05, 0) is 24.4 Å². The van der Waals surface area contributed by atoms with E-state index in [9.17, 15) is 0 Å². The summed E-state index contributed by atoms with van der Waals surface area (Å²) in [5.41, 5.74) is 4.24. The van der Waals surface area contributed by atoms with Gasteiger partial charge < -0.3 is 14.5 Å². The zero-order valence-electron chi connectivity index (χ0n) is 11.7. The molecule has 0 amide bonds. The maximum absolute atomic E-state index is 4.44. The number of aryl methyl sites for hydroxylation is 1. The third-order valence-corrected chi connectivity index (χ3v) is 3.68. The van der Waals surface area contributed by atoms with Crippen LogP contribution in [0.25, 0.3) is 22.4 Å². The Morgan fingerprint density at radius 1 is 1.19 bits per heavy atom. The molecule has 21 heavy (non-hydrogen) atoms. The summed E-state index contributed by atoms with van der Waals surface area (Å²) >= 11 is 0. The molecule has 0 fully saturated rings. The van der Waals surface area contributed by atoms with E-state index in [4.69, 9.17) is 0 Å². The molecule has 5 heteroatoms. The summed E-state index contributed by atoms with van der Waals surface area (Å²) in [5, 5.41) is 1.23. The van der Waals surface area contributed by atoms with Crippen molar-refractivity contribution >= 4 is 10.9 Å². The van der Waals surface area contributed by atoms with Crippen LogP contribution in [0, 0.1) is 6.92 Å². The predicted octanol–water partition coefficient (Wildman–Crippen LogP) is 3.11. The highest BCUT2D eigenvalue weighted by Gasteiger charge is 2.12. The Kier molecular flexibility index (Phi) is 2.64. The molecule has 0 atom stereocenters. The fourth-order valence-corrected chi connectivity index (χ4v) is 2.64. The molecule has 0 spiro atoms. The first kappa shape index (κ1) is 12.0. The number of rotatable bonds is 3. The highest BCUT2D eigenvalue weighted by atomic mass is 15.1. The molecule has 0 aliphatic rings. The van der Waals surface area contributed by atoms with Gasteiger partial charge in [-0.3, -0.25) is 0 Å². The Morgan fingerprint density at radius 2 is 2.10 bits per heavy atom. The summed E-state index contributed by atoms with van der Waals surface area (Å²) in [4.78, 5) is 15.3. The highest BCUT2D eigenvalue weighted by Crippen LogP contribution is 2.20. The number of H-pyrrole nitrogens is 2. The first-order valence-corrected chi connectivity index (χ1v) is 6.89. The molecule has 3 heterocycles. The van der Waals surface area contributed by atoms with E-state index in [2.05, 4.69) is 48.8 Å². The number of para-hydroxylation sites is 1. The second-order valence-corrected chi connectivity index (χ2v) is 5.14. The van der Waals surface area contributed by atoms with Gasteiger partial charge in [0.2, 0.25) is 0 Å². The van der Waals surface area contributed by atoms with E-state index in [0.29, 0.717) is 0 Å². The third kappa shape index (κ3) is 2.03. The van der Waals surface area contributed by atoms with Crippen molar-refractivity contribution in [3.8, 4) is 11.5 Å². The van der Waals surface area contributed by atoms with Gasteiger partial charge in [-0.2, -0.15) is 0 Å². The van der Waals surface area contributed by atoms with Crippen LogP contribution in [0.5, 0.6) is 0 Å². The summed E-state index contributed by atoms with van der Waals surface area (Å²) in [5.74, 6) is 0.882. The van der Waals surface area contributed by atoms with E-state index in [-0.39, 0.29) is 0 Å². The standard InChI is InChI=1S/C16H15N5/c1-11-15(19-10-18-11)16-17-6-7-21(16)9-13-8-12-4-2-3-5-14(12)20-13/h2-8,10,20H,9H2,1H3,(H,18,19). The number of aromatic nitrogens is 5. The van der Waals surface area contributed by atoms with Crippen LogP contribution in [0.1, 0.15) is 11.4 Å². The molecular formula is C16H15N5. The molecule has 5 nitrogen and oxygen atoms in total. The van der Waals surface area contributed by atoms with Crippen molar-refractivity contribution in [1.29, 1.82) is 0 Å². The zero-order valence-corrected chi connectivity index (χ0v) is 11.7. The van der Waals surface area contributed by atoms with Crippen LogP contribution in [0.3, 0.4) is 0 Å². The van der Waals surface area contributed by atoms with Gasteiger partial charge in [0.05, 0.1) is 12.9 Å². The Morgan fingerprint density at radius 3 is 2.90 bits per heavy atom. The number of imidazole rings is 2. The quantitative estimate of drug-likeness (QED) is 0.604. The van der Waals surface area contributed by atoms with Gasteiger partial charge in [-0.15, -0.1) is 0 Å². The second kappa shape index (κ2) is 4.63. The molecule has 2 N–H and O–H groups in total. The Balaban J connectivity index is 1.72. The predicted molar refractivity (Wildman–Crippen MR) is 81.9 cm³/mol. The molecule has 0 aliphatic heterocycles. The lowest BCUT2D eigenvalue weighted by Gasteiger charge is -2.05. The molecule has 104 valence electrons. The normalized spacial score (nSPS) is 11.3. The number of aromatic amines is 2. The Hall–Kier alpha value is -2.82. The molecule has 0 saturated carbocycles. The summed E-state index contributed by atoms with van der Waals surface area (Å²) in [7, 11) is 0. The molecule has 0 saturated heterocycles. The zero-order chi connectivity index (χ0) is 14.2. The van der Waals surface area contributed by atoms with E-state index in [1.54, 1.807) is 6.33 Å². The monoisotopic (exact) mass is 277 g/mol. The second-order valence-electron chi connectivity index (χ2n) is 5.14. The minimum Gasteiger partial charge on any atom is -0.357 e. The van der Waals surface area contributed by atoms with Crippen molar-refractivity contribution in [2.45, 2.75) is 13.5 Å². The lowest BCUT2D eigenvalue weighted by Crippen LogP contribution is -2.02. The summed E-state index contributed by atoms with van der Waals surface area (Å²) in [6.45, 7) is 2.75. The third-order valence-electron chi connectivity index (χ3n) is 3.68. The van der Waals surface area contributed by atoms with Crippen LogP contribution >= 0.6 is 0 Å². The first-order chi connectivity index (χ1) is 10.3. The van der Waals surface area contributed by atoms with E-state index < -0.39 is 0 Å². The van der Waals surface area contributed by atoms with Crippen LogP contribution in [-0.2, 0) is 6.54 Å². The van der Waals surface area contributed by atoms with E-state index in [0.717, 1.165) is 35.0 Å². The van der Waals surface area contributed by atoms with Gasteiger partial charge >= 0.3 is 0 Å². The molecule has 4 aromatic rings. The molecule has 3 aromatic heterocycles. The molecule has 0 radical (unpaired) electrons. The molecule has 1 aromatic carbocycles. The van der Waals surface area contributed by atoms with Crippen LogP contribution in [-0.4, -0.2) is 24.5 Å². The number of fused-ring (bicyclic) bond motifs is 1. The van der Waals surface area contributed by atoms with Gasteiger partial charge in [-0.1, -0.05) is 18.2 Å². The minimum absolute atomic E-state index is 0.746. The topological polar surface area (TPSA) is 62.3 Å². The molecule has 0 aliphatic carbocycles. The smallest absolute Gasteiger partial charge is 0.160 e. The van der Waals surface area contributed by atoms with Crippen molar-refractivity contribution in [2.24, 2.45) is 0 Å². The number of hydrogen-bond donors (Lipinski definition) is 2. The van der Waals surface area contributed by atoms with Gasteiger partial charge in [-0.25, -0.2) is 9.97 Å². The fraction of sp³-hybridized carbons (Fsp3) is 0.125. The van der Waals surface area contributed by atoms with Crippen LogP contribution in [0.2, 0.25) is 0 Å². The van der Waals surface area contributed by atoms with Crippen LogP contribution in [0.4, 0.5) is 0 Å². The number of nitrogens with zero attached hydrogens (tertiary/aromatic N) is 3. The maximum atomic E-state index is 4.44. The molecule has 0 unspecified atom stereocenters. The average molecular weight is 277 g/mol.